The Balaban J connectivity index is 2.76. The molecule has 0 amide bonds. The molecule has 0 bridgehead atoms. The number of hydrogen-bond donors (Lipinski definition) is 0. The van der Waals surface area contributed by atoms with Crippen LogP contribution in [0, 0.1) is 5.41 Å². The van der Waals surface area contributed by atoms with Gasteiger partial charge < -0.3 is 0 Å². The summed E-state index contributed by atoms with van der Waals surface area (Å²) < 4.78 is 0. The van der Waals surface area contributed by atoms with Crippen LogP contribution < -0.4 is 0 Å². The molecule has 0 heterocycles. The molecule has 0 atom stereocenters. The van der Waals surface area contributed by atoms with Gasteiger partial charge in [-0.3, -0.25) is 4.79 Å². The summed E-state index contributed by atoms with van der Waals surface area (Å²) in [6.07, 6.45) is 2.15. The minimum absolute atomic E-state index is 0.0568. The molecule has 1 nitrogen and oxygen atoms in total. The second-order valence-electron chi connectivity index (χ2n) is 4.20. The zero-order valence-electron chi connectivity index (χ0n) is 9.03. The standard InChI is InChI=1S/C13H15ClO/c1-13(2,12(15)8-9-14)10-11-6-4-3-5-7-11/h3-9H,10H2,1-2H3. The van der Waals surface area contributed by atoms with E-state index in [9.17, 15) is 4.79 Å². The number of carbonyl (C=O) groups excluding carboxylic acids is 1. The maximum Gasteiger partial charge on any atom is 0.162 e. The van der Waals surface area contributed by atoms with Gasteiger partial charge >= 0.3 is 0 Å². The topological polar surface area (TPSA) is 17.1 Å². The summed E-state index contributed by atoms with van der Waals surface area (Å²) in [4.78, 5) is 11.7. The van der Waals surface area contributed by atoms with Crippen LogP contribution in [0.15, 0.2) is 41.9 Å². The van der Waals surface area contributed by atoms with Gasteiger partial charge in [-0.05, 0) is 18.1 Å². The maximum atomic E-state index is 11.7. The van der Waals surface area contributed by atoms with Crippen LogP contribution in [0.1, 0.15) is 19.4 Å². The van der Waals surface area contributed by atoms with Crippen molar-refractivity contribution in [3.8, 4) is 0 Å². The van der Waals surface area contributed by atoms with Crippen LogP contribution in [0.3, 0.4) is 0 Å². The lowest BCUT2D eigenvalue weighted by atomic mass is 9.82. The Hall–Kier alpha value is -1.08. The van der Waals surface area contributed by atoms with E-state index in [2.05, 4.69) is 0 Å². The van der Waals surface area contributed by atoms with Crippen molar-refractivity contribution >= 4 is 17.4 Å². The number of hydrogen-bond acceptors (Lipinski definition) is 1. The fourth-order valence-electron chi connectivity index (χ4n) is 1.48. The molecule has 0 fully saturated rings. The summed E-state index contributed by atoms with van der Waals surface area (Å²) in [6, 6.07) is 9.98. The fraction of sp³-hybridized carbons (Fsp3) is 0.308. The quantitative estimate of drug-likeness (QED) is 0.712. The lowest BCUT2D eigenvalue weighted by molar-refractivity contribution is -0.122. The Morgan fingerprint density at radius 1 is 1.33 bits per heavy atom. The van der Waals surface area contributed by atoms with Crippen LogP contribution >= 0.6 is 11.6 Å². The first-order chi connectivity index (χ1) is 7.06. The molecule has 15 heavy (non-hydrogen) atoms. The van der Waals surface area contributed by atoms with Crippen LogP contribution in [-0.2, 0) is 11.2 Å². The van der Waals surface area contributed by atoms with Gasteiger partial charge in [0.2, 0.25) is 0 Å². The van der Waals surface area contributed by atoms with Crippen molar-refractivity contribution in [1.29, 1.82) is 0 Å². The van der Waals surface area contributed by atoms with Crippen molar-refractivity contribution < 1.29 is 4.79 Å². The highest BCUT2D eigenvalue weighted by molar-refractivity contribution is 6.27. The van der Waals surface area contributed by atoms with Gasteiger partial charge in [-0.1, -0.05) is 55.8 Å². The SMILES string of the molecule is CC(C)(Cc1ccccc1)C(=O)C=CCl. The average molecular weight is 223 g/mol. The smallest absolute Gasteiger partial charge is 0.162 e. The van der Waals surface area contributed by atoms with Gasteiger partial charge in [0.15, 0.2) is 5.78 Å². The van der Waals surface area contributed by atoms with E-state index in [1.807, 2.05) is 44.2 Å². The van der Waals surface area contributed by atoms with Crippen molar-refractivity contribution in [3.05, 3.63) is 47.5 Å². The third kappa shape index (κ3) is 3.52. The van der Waals surface area contributed by atoms with Gasteiger partial charge in [-0.25, -0.2) is 0 Å². The third-order valence-electron chi connectivity index (χ3n) is 2.37. The van der Waals surface area contributed by atoms with Crippen LogP contribution in [0.2, 0.25) is 0 Å². The van der Waals surface area contributed by atoms with Crippen molar-refractivity contribution in [2.45, 2.75) is 20.3 Å². The Labute approximate surface area is 95.8 Å². The van der Waals surface area contributed by atoms with E-state index >= 15 is 0 Å². The van der Waals surface area contributed by atoms with Crippen LogP contribution in [-0.4, -0.2) is 5.78 Å². The van der Waals surface area contributed by atoms with E-state index in [0.29, 0.717) is 0 Å². The first-order valence-electron chi connectivity index (χ1n) is 4.91. The van der Waals surface area contributed by atoms with E-state index in [1.54, 1.807) is 0 Å². The van der Waals surface area contributed by atoms with Crippen LogP contribution in [0.25, 0.3) is 0 Å². The summed E-state index contributed by atoms with van der Waals surface area (Å²) in [5.74, 6) is 0.0568. The van der Waals surface area contributed by atoms with Crippen molar-refractivity contribution in [1.82, 2.24) is 0 Å². The molecule has 0 radical (unpaired) electrons. The van der Waals surface area contributed by atoms with Gasteiger partial charge in [0, 0.05) is 11.0 Å². The molecular formula is C13H15ClO. The van der Waals surface area contributed by atoms with Gasteiger partial charge in [0.1, 0.15) is 0 Å². The molecule has 0 saturated carbocycles. The molecule has 1 aromatic rings. The zero-order chi connectivity index (χ0) is 11.3. The molecule has 0 aliphatic heterocycles. The Kier molecular flexibility index (Phi) is 4.10. The molecule has 80 valence electrons. The summed E-state index contributed by atoms with van der Waals surface area (Å²) >= 11 is 5.40. The molecule has 2 heteroatoms. The van der Waals surface area contributed by atoms with Crippen molar-refractivity contribution in [3.63, 3.8) is 0 Å². The highest BCUT2D eigenvalue weighted by Crippen LogP contribution is 2.23. The lowest BCUT2D eigenvalue weighted by Gasteiger charge is -2.21. The highest BCUT2D eigenvalue weighted by Gasteiger charge is 2.25. The van der Waals surface area contributed by atoms with E-state index in [-0.39, 0.29) is 5.78 Å². The normalized spacial score (nSPS) is 11.9. The molecule has 0 unspecified atom stereocenters. The highest BCUT2D eigenvalue weighted by atomic mass is 35.5. The molecule has 1 rings (SSSR count). The monoisotopic (exact) mass is 222 g/mol. The number of halogens is 1. The van der Waals surface area contributed by atoms with E-state index in [1.165, 1.54) is 17.2 Å². The first-order valence-corrected chi connectivity index (χ1v) is 5.35. The largest absolute Gasteiger partial charge is 0.294 e. The minimum Gasteiger partial charge on any atom is -0.294 e. The van der Waals surface area contributed by atoms with E-state index in [0.717, 1.165) is 6.42 Å². The molecule has 1 aromatic carbocycles. The molecule has 0 N–H and O–H groups in total. The van der Waals surface area contributed by atoms with Gasteiger partial charge in [0.05, 0.1) is 0 Å². The fourth-order valence-corrected chi connectivity index (χ4v) is 1.59. The van der Waals surface area contributed by atoms with E-state index in [4.69, 9.17) is 11.6 Å². The molecule has 0 aliphatic rings. The average Bonchev–Trinajstić information content (AvgIpc) is 2.19. The number of carbonyl (C=O) groups is 1. The molecular weight excluding hydrogens is 208 g/mol. The maximum absolute atomic E-state index is 11.7. The second-order valence-corrected chi connectivity index (χ2v) is 4.46. The Morgan fingerprint density at radius 3 is 2.47 bits per heavy atom. The van der Waals surface area contributed by atoms with E-state index < -0.39 is 5.41 Å². The Bertz CT molecular complexity index is 352. The molecule has 0 saturated heterocycles. The number of ketones is 1. The van der Waals surface area contributed by atoms with Crippen molar-refractivity contribution in [2.24, 2.45) is 5.41 Å². The minimum atomic E-state index is -0.396. The third-order valence-corrected chi connectivity index (χ3v) is 2.50. The van der Waals surface area contributed by atoms with Gasteiger partial charge in [-0.15, -0.1) is 0 Å². The predicted octanol–water partition coefficient (Wildman–Crippen LogP) is 3.58. The first kappa shape index (κ1) is 12.0. The number of rotatable bonds is 4. The summed E-state index contributed by atoms with van der Waals surface area (Å²) in [5, 5.41) is 0. The number of allylic oxidation sites excluding steroid dienone is 1. The summed E-state index contributed by atoms with van der Waals surface area (Å²) in [7, 11) is 0. The van der Waals surface area contributed by atoms with Crippen LogP contribution in [0.5, 0.6) is 0 Å². The van der Waals surface area contributed by atoms with Crippen LogP contribution in [0.4, 0.5) is 0 Å². The van der Waals surface area contributed by atoms with Crippen molar-refractivity contribution in [2.75, 3.05) is 0 Å². The van der Waals surface area contributed by atoms with Gasteiger partial charge in [0.25, 0.3) is 0 Å². The summed E-state index contributed by atoms with van der Waals surface area (Å²) in [6.45, 7) is 3.86. The lowest BCUT2D eigenvalue weighted by Crippen LogP contribution is -2.24. The molecule has 0 aliphatic carbocycles. The summed E-state index contributed by atoms with van der Waals surface area (Å²) in [5.41, 5.74) is 2.04. The second kappa shape index (κ2) is 5.13. The molecule has 0 aromatic heterocycles. The Morgan fingerprint density at radius 2 is 1.93 bits per heavy atom. The van der Waals surface area contributed by atoms with Gasteiger partial charge in [-0.2, -0.15) is 0 Å². The zero-order valence-corrected chi connectivity index (χ0v) is 9.79. The number of benzene rings is 1. The predicted molar refractivity (Wildman–Crippen MR) is 63.9 cm³/mol. The molecule has 0 spiro atoms.